The van der Waals surface area contributed by atoms with Gasteiger partial charge in [0.25, 0.3) is 0 Å². The standard InChI is InChI=1S/C17H24ClN3O3S/c1-25(23,24)20-9-6-13(7-10-20)17(22)21-11-8-19-12-16(21)14-4-2-3-5-15(14)18/h2-5,13,16,19H,6-12H2,1H3. The van der Waals surface area contributed by atoms with E-state index in [4.69, 9.17) is 11.6 Å². The first-order chi connectivity index (χ1) is 11.9. The molecule has 3 rings (SSSR count). The zero-order valence-electron chi connectivity index (χ0n) is 14.3. The van der Waals surface area contributed by atoms with Crippen LogP contribution >= 0.6 is 11.6 Å². The topological polar surface area (TPSA) is 69.7 Å². The molecule has 2 heterocycles. The van der Waals surface area contributed by atoms with Crippen molar-refractivity contribution in [2.24, 2.45) is 5.92 Å². The summed E-state index contributed by atoms with van der Waals surface area (Å²) in [6, 6.07) is 7.55. The molecule has 2 fully saturated rings. The number of halogens is 1. The maximum atomic E-state index is 13.1. The van der Waals surface area contributed by atoms with Crippen molar-refractivity contribution in [3.8, 4) is 0 Å². The summed E-state index contributed by atoms with van der Waals surface area (Å²) in [5, 5.41) is 4.00. The summed E-state index contributed by atoms with van der Waals surface area (Å²) in [5.41, 5.74) is 0.957. The molecule has 0 aliphatic carbocycles. The molecule has 0 aromatic heterocycles. The Hall–Kier alpha value is -1.15. The maximum absolute atomic E-state index is 13.1. The van der Waals surface area contributed by atoms with Gasteiger partial charge in [-0.3, -0.25) is 4.79 Å². The van der Waals surface area contributed by atoms with Gasteiger partial charge in [0, 0.05) is 43.7 Å². The lowest BCUT2D eigenvalue weighted by Gasteiger charge is -2.40. The maximum Gasteiger partial charge on any atom is 0.226 e. The highest BCUT2D eigenvalue weighted by atomic mass is 35.5. The number of piperazine rings is 1. The molecule has 0 saturated carbocycles. The lowest BCUT2D eigenvalue weighted by Crippen LogP contribution is -2.52. The van der Waals surface area contributed by atoms with Crippen molar-refractivity contribution < 1.29 is 13.2 Å². The number of rotatable bonds is 3. The second-order valence-electron chi connectivity index (χ2n) is 6.71. The largest absolute Gasteiger partial charge is 0.333 e. The molecule has 138 valence electrons. The Labute approximate surface area is 154 Å². The molecule has 1 N–H and O–H groups in total. The first kappa shape index (κ1) is 18.6. The molecule has 1 amide bonds. The summed E-state index contributed by atoms with van der Waals surface area (Å²) >= 11 is 6.34. The van der Waals surface area contributed by atoms with Crippen molar-refractivity contribution in [3.63, 3.8) is 0 Å². The first-order valence-electron chi connectivity index (χ1n) is 8.58. The van der Waals surface area contributed by atoms with Crippen LogP contribution in [-0.4, -0.2) is 62.5 Å². The van der Waals surface area contributed by atoms with Crippen LogP contribution in [0.15, 0.2) is 24.3 Å². The van der Waals surface area contributed by atoms with Crippen molar-refractivity contribution in [2.45, 2.75) is 18.9 Å². The summed E-state index contributed by atoms with van der Waals surface area (Å²) < 4.78 is 24.8. The quantitative estimate of drug-likeness (QED) is 0.855. The van der Waals surface area contributed by atoms with Crippen LogP contribution < -0.4 is 5.32 Å². The van der Waals surface area contributed by atoms with Crippen LogP contribution in [0, 0.1) is 5.92 Å². The van der Waals surface area contributed by atoms with Gasteiger partial charge in [-0.25, -0.2) is 12.7 Å². The van der Waals surface area contributed by atoms with Crippen LogP contribution in [0.2, 0.25) is 5.02 Å². The summed E-state index contributed by atoms with van der Waals surface area (Å²) in [6.45, 7) is 2.91. The van der Waals surface area contributed by atoms with Crippen molar-refractivity contribution in [2.75, 3.05) is 39.0 Å². The molecule has 1 aromatic rings. The van der Waals surface area contributed by atoms with E-state index in [0.29, 0.717) is 44.0 Å². The third-order valence-corrected chi connectivity index (χ3v) is 6.71. The number of nitrogens with zero attached hydrogens (tertiary/aromatic N) is 2. The van der Waals surface area contributed by atoms with Crippen LogP contribution in [0.5, 0.6) is 0 Å². The van der Waals surface area contributed by atoms with E-state index in [0.717, 1.165) is 12.1 Å². The van der Waals surface area contributed by atoms with E-state index in [9.17, 15) is 13.2 Å². The van der Waals surface area contributed by atoms with Crippen molar-refractivity contribution >= 4 is 27.5 Å². The molecule has 0 spiro atoms. The summed E-state index contributed by atoms with van der Waals surface area (Å²) in [6.07, 6.45) is 2.37. The number of hydrogen-bond acceptors (Lipinski definition) is 4. The zero-order valence-corrected chi connectivity index (χ0v) is 15.9. The van der Waals surface area contributed by atoms with Gasteiger partial charge in [-0.05, 0) is 24.5 Å². The predicted octanol–water partition coefficient (Wildman–Crippen LogP) is 1.48. The molecule has 1 unspecified atom stereocenters. The van der Waals surface area contributed by atoms with Gasteiger partial charge in [0.15, 0.2) is 0 Å². The Kier molecular flexibility index (Phi) is 5.68. The fourth-order valence-electron chi connectivity index (χ4n) is 3.66. The number of piperidine rings is 1. The smallest absolute Gasteiger partial charge is 0.226 e. The van der Waals surface area contributed by atoms with Gasteiger partial charge >= 0.3 is 0 Å². The highest BCUT2D eigenvalue weighted by Gasteiger charge is 2.36. The molecule has 0 radical (unpaired) electrons. The number of sulfonamides is 1. The van der Waals surface area contributed by atoms with Crippen LogP contribution in [0.3, 0.4) is 0 Å². The van der Waals surface area contributed by atoms with E-state index in [1.54, 1.807) is 0 Å². The fraction of sp³-hybridized carbons (Fsp3) is 0.588. The SMILES string of the molecule is CS(=O)(=O)N1CCC(C(=O)N2CCNCC2c2ccccc2Cl)CC1. The first-order valence-corrected chi connectivity index (χ1v) is 10.8. The summed E-state index contributed by atoms with van der Waals surface area (Å²) in [5.74, 6) is -0.0133. The van der Waals surface area contributed by atoms with Crippen LogP contribution in [0.25, 0.3) is 0 Å². The zero-order chi connectivity index (χ0) is 18.0. The lowest BCUT2D eigenvalue weighted by atomic mass is 9.94. The number of amides is 1. The van der Waals surface area contributed by atoms with Gasteiger partial charge in [0.05, 0.1) is 12.3 Å². The van der Waals surface area contributed by atoms with Crippen LogP contribution in [0.1, 0.15) is 24.4 Å². The molecular weight excluding hydrogens is 362 g/mol. The minimum Gasteiger partial charge on any atom is -0.333 e. The highest BCUT2D eigenvalue weighted by Crippen LogP contribution is 2.31. The number of hydrogen-bond donors (Lipinski definition) is 1. The van der Waals surface area contributed by atoms with E-state index >= 15 is 0 Å². The van der Waals surface area contributed by atoms with Gasteiger partial charge in [-0.15, -0.1) is 0 Å². The second kappa shape index (κ2) is 7.61. The molecule has 1 aromatic carbocycles. The van der Waals surface area contributed by atoms with Gasteiger partial charge in [0.2, 0.25) is 15.9 Å². The van der Waals surface area contributed by atoms with E-state index in [1.165, 1.54) is 10.6 Å². The predicted molar refractivity (Wildman–Crippen MR) is 97.9 cm³/mol. The molecule has 1 atom stereocenters. The molecule has 6 nitrogen and oxygen atoms in total. The average molecular weight is 386 g/mol. The van der Waals surface area contributed by atoms with Crippen molar-refractivity contribution in [1.82, 2.24) is 14.5 Å². The summed E-state index contributed by atoms with van der Waals surface area (Å²) in [4.78, 5) is 15.0. The monoisotopic (exact) mass is 385 g/mol. The van der Waals surface area contributed by atoms with Gasteiger partial charge in [0.1, 0.15) is 0 Å². The Balaban J connectivity index is 1.73. The van der Waals surface area contributed by atoms with Crippen LogP contribution in [-0.2, 0) is 14.8 Å². The van der Waals surface area contributed by atoms with E-state index in [2.05, 4.69) is 5.32 Å². The number of carbonyl (C=O) groups excluding carboxylic acids is 1. The molecule has 25 heavy (non-hydrogen) atoms. The molecular formula is C17H24ClN3O3S. The van der Waals surface area contributed by atoms with Crippen molar-refractivity contribution in [1.29, 1.82) is 0 Å². The van der Waals surface area contributed by atoms with Gasteiger partial charge < -0.3 is 10.2 Å². The Bertz CT molecular complexity index is 732. The van der Waals surface area contributed by atoms with Gasteiger partial charge in [-0.2, -0.15) is 0 Å². The Morgan fingerprint density at radius 2 is 1.88 bits per heavy atom. The Morgan fingerprint density at radius 1 is 1.20 bits per heavy atom. The normalized spacial score (nSPS) is 23.6. The molecule has 0 bridgehead atoms. The highest BCUT2D eigenvalue weighted by molar-refractivity contribution is 7.88. The molecule has 2 saturated heterocycles. The molecule has 8 heteroatoms. The van der Waals surface area contributed by atoms with Gasteiger partial charge in [-0.1, -0.05) is 29.8 Å². The minimum absolute atomic E-state index is 0.0807. The number of benzene rings is 1. The minimum atomic E-state index is -3.18. The van der Waals surface area contributed by atoms with E-state index in [-0.39, 0.29) is 17.9 Å². The number of nitrogens with one attached hydrogen (secondary N) is 1. The third-order valence-electron chi connectivity index (χ3n) is 5.06. The van der Waals surface area contributed by atoms with Crippen molar-refractivity contribution in [3.05, 3.63) is 34.9 Å². The average Bonchev–Trinajstić information content (AvgIpc) is 2.61. The second-order valence-corrected chi connectivity index (χ2v) is 9.10. The van der Waals surface area contributed by atoms with Crippen LogP contribution in [0.4, 0.5) is 0 Å². The summed E-state index contributed by atoms with van der Waals surface area (Å²) in [7, 11) is -3.18. The van der Waals surface area contributed by atoms with E-state index in [1.807, 2.05) is 29.2 Å². The Morgan fingerprint density at radius 3 is 2.52 bits per heavy atom. The molecule has 2 aliphatic rings. The van der Waals surface area contributed by atoms with E-state index < -0.39 is 10.0 Å². The third kappa shape index (κ3) is 4.16. The lowest BCUT2D eigenvalue weighted by molar-refractivity contribution is -0.140. The fourth-order valence-corrected chi connectivity index (χ4v) is 4.80. The number of carbonyl (C=O) groups is 1. The molecule has 2 aliphatic heterocycles.